The highest BCUT2D eigenvalue weighted by Gasteiger charge is 2.19. The molecule has 1 heterocycles. The molecule has 4 rings (SSSR count). The van der Waals surface area contributed by atoms with Crippen molar-refractivity contribution in [2.75, 3.05) is 0 Å². The van der Waals surface area contributed by atoms with Gasteiger partial charge in [0.1, 0.15) is 11.9 Å². The van der Waals surface area contributed by atoms with Crippen LogP contribution in [0.1, 0.15) is 40.4 Å². The van der Waals surface area contributed by atoms with Crippen molar-refractivity contribution in [3.63, 3.8) is 0 Å². The lowest BCUT2D eigenvalue weighted by Gasteiger charge is -2.22. The van der Waals surface area contributed by atoms with Crippen LogP contribution in [0.2, 0.25) is 0 Å². The SMILES string of the molecule is O=C1CCCc2cc(O[C@@H](Cn3ccnc3)c3ccccc3)ccc21. The van der Waals surface area contributed by atoms with Gasteiger partial charge in [-0.1, -0.05) is 30.3 Å². The van der Waals surface area contributed by atoms with Gasteiger partial charge in [-0.2, -0.15) is 0 Å². The molecule has 0 bridgehead atoms. The number of fused-ring (bicyclic) bond motifs is 1. The van der Waals surface area contributed by atoms with Crippen LogP contribution in [0.15, 0.2) is 67.3 Å². The number of Topliss-reactive ketones (excluding diaryl/α,β-unsaturated/α-hetero) is 1. The Kier molecular flexibility index (Phi) is 4.34. The fourth-order valence-electron chi connectivity index (χ4n) is 3.33. The van der Waals surface area contributed by atoms with Crippen LogP contribution in [0.5, 0.6) is 5.75 Å². The number of rotatable bonds is 5. The minimum absolute atomic E-state index is 0.118. The lowest BCUT2D eigenvalue weighted by molar-refractivity contribution is 0.0972. The van der Waals surface area contributed by atoms with Crippen molar-refractivity contribution >= 4 is 5.78 Å². The van der Waals surface area contributed by atoms with E-state index < -0.39 is 0 Å². The van der Waals surface area contributed by atoms with Crippen molar-refractivity contribution in [3.05, 3.63) is 83.9 Å². The van der Waals surface area contributed by atoms with Gasteiger partial charge in [0, 0.05) is 24.4 Å². The number of aromatic nitrogens is 2. The molecule has 2 aromatic carbocycles. The number of hydrogen-bond donors (Lipinski definition) is 0. The lowest BCUT2D eigenvalue weighted by atomic mass is 9.90. The summed E-state index contributed by atoms with van der Waals surface area (Å²) in [6.45, 7) is 0.681. The van der Waals surface area contributed by atoms with Gasteiger partial charge in [-0.25, -0.2) is 4.98 Å². The molecule has 0 N–H and O–H groups in total. The zero-order chi connectivity index (χ0) is 17.1. The average molecular weight is 332 g/mol. The van der Waals surface area contributed by atoms with Crippen LogP contribution >= 0.6 is 0 Å². The molecule has 1 aliphatic carbocycles. The fourth-order valence-corrected chi connectivity index (χ4v) is 3.33. The first-order chi connectivity index (χ1) is 12.3. The van der Waals surface area contributed by atoms with E-state index in [1.165, 1.54) is 0 Å². The molecular weight excluding hydrogens is 312 g/mol. The van der Waals surface area contributed by atoms with Gasteiger partial charge < -0.3 is 9.30 Å². The normalized spacial score (nSPS) is 14.8. The van der Waals surface area contributed by atoms with Crippen molar-refractivity contribution in [2.45, 2.75) is 31.9 Å². The maximum absolute atomic E-state index is 12.0. The summed E-state index contributed by atoms with van der Waals surface area (Å²) in [5, 5.41) is 0. The first kappa shape index (κ1) is 15.6. The predicted octanol–water partition coefficient (Wildman–Crippen LogP) is 4.22. The molecule has 4 heteroatoms. The third-order valence-corrected chi connectivity index (χ3v) is 4.61. The summed E-state index contributed by atoms with van der Waals surface area (Å²) in [6.07, 6.45) is 7.90. The second-order valence-corrected chi connectivity index (χ2v) is 6.37. The van der Waals surface area contributed by atoms with E-state index >= 15 is 0 Å². The average Bonchev–Trinajstić information content (AvgIpc) is 3.15. The van der Waals surface area contributed by atoms with E-state index in [4.69, 9.17) is 4.74 Å². The molecule has 0 amide bonds. The summed E-state index contributed by atoms with van der Waals surface area (Å²) in [5.41, 5.74) is 3.07. The van der Waals surface area contributed by atoms with Gasteiger partial charge in [0.05, 0.1) is 12.9 Å². The largest absolute Gasteiger partial charge is 0.484 e. The molecule has 0 saturated heterocycles. The monoisotopic (exact) mass is 332 g/mol. The summed E-state index contributed by atoms with van der Waals surface area (Å²) in [6, 6.07) is 16.0. The number of ether oxygens (including phenoxy) is 1. The number of aryl methyl sites for hydroxylation is 1. The van der Waals surface area contributed by atoms with Crippen LogP contribution in [0.3, 0.4) is 0 Å². The number of hydrogen-bond acceptors (Lipinski definition) is 3. The molecule has 3 aromatic rings. The highest BCUT2D eigenvalue weighted by atomic mass is 16.5. The summed E-state index contributed by atoms with van der Waals surface area (Å²) >= 11 is 0. The number of carbonyl (C=O) groups excluding carboxylic acids is 1. The topological polar surface area (TPSA) is 44.1 Å². The Morgan fingerprint density at radius 1 is 1.12 bits per heavy atom. The van der Waals surface area contributed by atoms with Crippen LogP contribution in [0, 0.1) is 0 Å². The molecule has 0 aliphatic heterocycles. The van der Waals surface area contributed by atoms with Crippen molar-refractivity contribution in [1.82, 2.24) is 9.55 Å². The van der Waals surface area contributed by atoms with Gasteiger partial charge in [-0.15, -0.1) is 0 Å². The Hall–Kier alpha value is -2.88. The number of nitrogens with zero attached hydrogens (tertiary/aromatic N) is 2. The van der Waals surface area contributed by atoms with Crippen LogP contribution in [0.25, 0.3) is 0 Å². The Labute approximate surface area is 147 Å². The van der Waals surface area contributed by atoms with Gasteiger partial charge in [0.25, 0.3) is 0 Å². The van der Waals surface area contributed by atoms with Crippen LogP contribution in [0.4, 0.5) is 0 Å². The van der Waals surface area contributed by atoms with Crippen LogP contribution < -0.4 is 4.74 Å². The minimum Gasteiger partial charge on any atom is -0.484 e. The molecule has 4 nitrogen and oxygen atoms in total. The van der Waals surface area contributed by atoms with Gasteiger partial charge in [-0.3, -0.25) is 4.79 Å². The summed E-state index contributed by atoms with van der Waals surface area (Å²) in [7, 11) is 0. The van der Waals surface area contributed by atoms with E-state index in [1.54, 1.807) is 12.5 Å². The molecule has 1 atom stereocenters. The smallest absolute Gasteiger partial charge is 0.163 e. The van der Waals surface area contributed by atoms with Gasteiger partial charge >= 0.3 is 0 Å². The van der Waals surface area contributed by atoms with E-state index in [1.807, 2.05) is 47.2 Å². The molecule has 0 unspecified atom stereocenters. The number of carbonyl (C=O) groups is 1. The molecule has 126 valence electrons. The highest BCUT2D eigenvalue weighted by molar-refractivity contribution is 5.98. The first-order valence-electron chi connectivity index (χ1n) is 8.63. The molecular formula is C21H20N2O2. The Balaban J connectivity index is 1.61. The summed E-state index contributed by atoms with van der Waals surface area (Å²) in [4.78, 5) is 16.1. The fraction of sp³-hybridized carbons (Fsp3) is 0.238. The first-order valence-corrected chi connectivity index (χ1v) is 8.63. The molecule has 1 aliphatic rings. The van der Waals surface area contributed by atoms with E-state index in [2.05, 4.69) is 17.1 Å². The maximum atomic E-state index is 12.0. The van der Waals surface area contributed by atoms with Gasteiger partial charge in [0.15, 0.2) is 5.78 Å². The standard InChI is InChI=1S/C21H20N2O2/c24-20-8-4-7-17-13-18(9-10-19(17)20)25-21(14-23-12-11-22-15-23)16-5-2-1-3-6-16/h1-3,5-6,9-13,15,21H,4,7-8,14H2/t21-/m0/s1. The second kappa shape index (κ2) is 6.93. The lowest BCUT2D eigenvalue weighted by Crippen LogP contribution is -2.15. The molecule has 25 heavy (non-hydrogen) atoms. The zero-order valence-corrected chi connectivity index (χ0v) is 14.0. The number of benzene rings is 2. The Morgan fingerprint density at radius 3 is 2.80 bits per heavy atom. The van der Waals surface area contributed by atoms with Crippen molar-refractivity contribution in [1.29, 1.82) is 0 Å². The summed E-state index contributed by atoms with van der Waals surface area (Å²) in [5.74, 6) is 1.05. The Bertz CT molecular complexity index is 857. The van der Waals surface area contributed by atoms with Crippen molar-refractivity contribution in [3.8, 4) is 5.75 Å². The molecule has 1 aromatic heterocycles. The maximum Gasteiger partial charge on any atom is 0.163 e. The predicted molar refractivity (Wildman–Crippen MR) is 95.7 cm³/mol. The van der Waals surface area contributed by atoms with Crippen LogP contribution in [-0.4, -0.2) is 15.3 Å². The third-order valence-electron chi connectivity index (χ3n) is 4.61. The van der Waals surface area contributed by atoms with Crippen molar-refractivity contribution < 1.29 is 9.53 Å². The van der Waals surface area contributed by atoms with E-state index in [0.29, 0.717) is 13.0 Å². The highest BCUT2D eigenvalue weighted by Crippen LogP contribution is 2.29. The van der Waals surface area contributed by atoms with Crippen molar-refractivity contribution in [2.24, 2.45) is 0 Å². The number of imidazole rings is 1. The molecule has 0 fully saturated rings. The van der Waals surface area contributed by atoms with E-state index in [9.17, 15) is 4.79 Å². The van der Waals surface area contributed by atoms with Gasteiger partial charge in [-0.05, 0) is 42.2 Å². The number of ketones is 1. The Morgan fingerprint density at radius 2 is 2.00 bits per heavy atom. The summed E-state index contributed by atoms with van der Waals surface area (Å²) < 4.78 is 8.33. The quantitative estimate of drug-likeness (QED) is 0.702. The zero-order valence-electron chi connectivity index (χ0n) is 14.0. The van der Waals surface area contributed by atoms with Crippen LogP contribution in [-0.2, 0) is 13.0 Å². The minimum atomic E-state index is -0.118. The van der Waals surface area contributed by atoms with Gasteiger partial charge in [0.2, 0.25) is 0 Å². The van der Waals surface area contributed by atoms with E-state index in [-0.39, 0.29) is 11.9 Å². The molecule has 0 radical (unpaired) electrons. The van der Waals surface area contributed by atoms with E-state index in [0.717, 1.165) is 35.3 Å². The molecule has 0 spiro atoms. The molecule has 0 saturated carbocycles. The second-order valence-electron chi connectivity index (χ2n) is 6.37. The third kappa shape index (κ3) is 3.48.